The van der Waals surface area contributed by atoms with Crippen LogP contribution in [-0.4, -0.2) is 35.2 Å². The normalized spacial score (nSPS) is 19.0. The van der Waals surface area contributed by atoms with E-state index in [1.807, 2.05) is 0 Å². The first-order chi connectivity index (χ1) is 10.0. The van der Waals surface area contributed by atoms with Crippen molar-refractivity contribution >= 4 is 10.0 Å². The Morgan fingerprint density at radius 2 is 2.24 bits per heavy atom. The molecule has 2 rings (SSSR count). The maximum absolute atomic E-state index is 13.9. The number of ether oxygens (including phenoxy) is 1. The van der Waals surface area contributed by atoms with E-state index in [1.165, 1.54) is 12.1 Å². The van der Waals surface area contributed by atoms with E-state index < -0.39 is 15.8 Å². The van der Waals surface area contributed by atoms with Crippen LogP contribution in [0, 0.1) is 11.7 Å². The second kappa shape index (κ2) is 7.31. The Morgan fingerprint density at radius 3 is 2.86 bits per heavy atom. The van der Waals surface area contributed by atoms with Crippen LogP contribution in [0.25, 0.3) is 0 Å². The fourth-order valence-corrected chi connectivity index (χ4v) is 3.47. The highest BCUT2D eigenvalue weighted by atomic mass is 32.2. The van der Waals surface area contributed by atoms with Crippen LogP contribution < -0.4 is 10.0 Å². The molecule has 1 heterocycles. The zero-order chi connectivity index (χ0) is 15.3. The lowest BCUT2D eigenvalue weighted by atomic mass is 10.1. The van der Waals surface area contributed by atoms with Crippen LogP contribution in [0.1, 0.15) is 18.4 Å². The number of benzene rings is 1. The van der Waals surface area contributed by atoms with Crippen molar-refractivity contribution in [2.24, 2.45) is 5.92 Å². The zero-order valence-corrected chi connectivity index (χ0v) is 12.9. The summed E-state index contributed by atoms with van der Waals surface area (Å²) in [6, 6.07) is 4.16. The molecule has 0 amide bonds. The summed E-state index contributed by atoms with van der Waals surface area (Å²) in [6.45, 7) is 2.20. The van der Waals surface area contributed by atoms with Crippen molar-refractivity contribution in [1.82, 2.24) is 10.0 Å². The molecule has 1 aliphatic rings. The van der Waals surface area contributed by atoms with Gasteiger partial charge in [0.15, 0.2) is 0 Å². The SMILES string of the molecule is CNCc1ccc(S(=O)(=O)NCCC2CCOC2)c(F)c1. The summed E-state index contributed by atoms with van der Waals surface area (Å²) in [6.07, 6.45) is 1.66. The zero-order valence-electron chi connectivity index (χ0n) is 12.1. The van der Waals surface area contributed by atoms with Gasteiger partial charge in [0.05, 0.1) is 0 Å². The van der Waals surface area contributed by atoms with E-state index >= 15 is 0 Å². The van der Waals surface area contributed by atoms with Gasteiger partial charge in [0.25, 0.3) is 0 Å². The van der Waals surface area contributed by atoms with Crippen LogP contribution >= 0.6 is 0 Å². The maximum Gasteiger partial charge on any atom is 0.243 e. The minimum atomic E-state index is -3.80. The van der Waals surface area contributed by atoms with E-state index in [0.717, 1.165) is 13.0 Å². The van der Waals surface area contributed by atoms with Gasteiger partial charge in [-0.15, -0.1) is 0 Å². The minimum absolute atomic E-state index is 0.300. The molecule has 1 saturated heterocycles. The van der Waals surface area contributed by atoms with Crippen LogP contribution in [0.5, 0.6) is 0 Å². The summed E-state index contributed by atoms with van der Waals surface area (Å²) in [5.41, 5.74) is 0.706. The molecule has 0 saturated carbocycles. The number of hydrogen-bond acceptors (Lipinski definition) is 4. The third-order valence-corrected chi connectivity index (χ3v) is 5.03. The largest absolute Gasteiger partial charge is 0.381 e. The molecule has 0 spiro atoms. The van der Waals surface area contributed by atoms with E-state index in [4.69, 9.17) is 4.74 Å². The van der Waals surface area contributed by atoms with Gasteiger partial charge in [0, 0.05) is 26.3 Å². The molecular weight excluding hydrogens is 295 g/mol. The molecule has 1 aromatic rings. The lowest BCUT2D eigenvalue weighted by Crippen LogP contribution is -2.27. The Hall–Kier alpha value is -1.02. The highest BCUT2D eigenvalue weighted by Gasteiger charge is 2.21. The van der Waals surface area contributed by atoms with Gasteiger partial charge in [-0.2, -0.15) is 0 Å². The van der Waals surface area contributed by atoms with Gasteiger partial charge in [0.1, 0.15) is 10.7 Å². The van der Waals surface area contributed by atoms with Crippen molar-refractivity contribution in [3.05, 3.63) is 29.6 Å². The summed E-state index contributed by atoms with van der Waals surface area (Å²) in [7, 11) is -2.05. The van der Waals surface area contributed by atoms with Gasteiger partial charge in [-0.1, -0.05) is 6.07 Å². The molecule has 7 heteroatoms. The van der Waals surface area contributed by atoms with Crippen molar-refractivity contribution in [2.45, 2.75) is 24.3 Å². The Balaban J connectivity index is 1.97. The standard InChI is InChI=1S/C14H21FN2O3S/c1-16-9-12-2-3-14(13(15)8-12)21(18,19)17-6-4-11-5-7-20-10-11/h2-3,8,11,16-17H,4-7,9-10H2,1H3. The summed E-state index contributed by atoms with van der Waals surface area (Å²) >= 11 is 0. The summed E-state index contributed by atoms with van der Waals surface area (Å²) in [4.78, 5) is -0.301. The van der Waals surface area contributed by atoms with Gasteiger partial charge in [-0.05, 0) is 43.5 Å². The Bertz CT molecular complexity index is 572. The third-order valence-electron chi connectivity index (χ3n) is 3.54. The van der Waals surface area contributed by atoms with Crippen molar-refractivity contribution in [2.75, 3.05) is 26.8 Å². The average Bonchev–Trinajstić information content (AvgIpc) is 2.92. The Labute approximate surface area is 124 Å². The first-order valence-electron chi connectivity index (χ1n) is 7.03. The van der Waals surface area contributed by atoms with Gasteiger partial charge in [-0.25, -0.2) is 17.5 Å². The first-order valence-corrected chi connectivity index (χ1v) is 8.51. The predicted octanol–water partition coefficient (Wildman–Crippen LogP) is 1.25. The van der Waals surface area contributed by atoms with Crippen molar-refractivity contribution in [3.8, 4) is 0 Å². The lowest BCUT2D eigenvalue weighted by Gasteiger charge is -2.11. The van der Waals surface area contributed by atoms with E-state index in [1.54, 1.807) is 13.1 Å². The average molecular weight is 316 g/mol. The Morgan fingerprint density at radius 1 is 1.43 bits per heavy atom. The second-order valence-electron chi connectivity index (χ2n) is 5.21. The van der Waals surface area contributed by atoms with Crippen molar-refractivity contribution in [3.63, 3.8) is 0 Å². The molecule has 0 radical (unpaired) electrons. The number of hydrogen-bond donors (Lipinski definition) is 2. The number of rotatable bonds is 7. The summed E-state index contributed by atoms with van der Waals surface area (Å²) in [5.74, 6) is -0.338. The van der Waals surface area contributed by atoms with Crippen molar-refractivity contribution < 1.29 is 17.5 Å². The van der Waals surface area contributed by atoms with Crippen molar-refractivity contribution in [1.29, 1.82) is 0 Å². The topological polar surface area (TPSA) is 67.4 Å². The van der Waals surface area contributed by atoms with E-state index in [9.17, 15) is 12.8 Å². The molecule has 1 aliphatic heterocycles. The predicted molar refractivity (Wildman–Crippen MR) is 77.9 cm³/mol. The van der Waals surface area contributed by atoms with Gasteiger partial charge in [-0.3, -0.25) is 0 Å². The molecule has 5 nitrogen and oxygen atoms in total. The van der Waals surface area contributed by atoms with Crippen LogP contribution in [0.4, 0.5) is 4.39 Å². The molecule has 1 fully saturated rings. The summed E-state index contributed by atoms with van der Waals surface area (Å²) < 4.78 is 45.8. The molecular formula is C14H21FN2O3S. The molecule has 118 valence electrons. The molecule has 1 atom stereocenters. The monoisotopic (exact) mass is 316 g/mol. The lowest BCUT2D eigenvalue weighted by molar-refractivity contribution is 0.184. The van der Waals surface area contributed by atoms with Gasteiger partial charge < -0.3 is 10.1 Å². The highest BCUT2D eigenvalue weighted by Crippen LogP contribution is 2.18. The molecule has 2 N–H and O–H groups in total. The fourth-order valence-electron chi connectivity index (χ4n) is 2.36. The number of nitrogens with one attached hydrogen (secondary N) is 2. The van der Waals surface area contributed by atoms with E-state index in [-0.39, 0.29) is 4.90 Å². The minimum Gasteiger partial charge on any atom is -0.381 e. The van der Waals surface area contributed by atoms with Crippen LogP contribution in [0.3, 0.4) is 0 Å². The molecule has 1 aromatic carbocycles. The second-order valence-corrected chi connectivity index (χ2v) is 6.95. The molecule has 0 bridgehead atoms. The maximum atomic E-state index is 13.9. The van der Waals surface area contributed by atoms with Crippen LogP contribution in [0.2, 0.25) is 0 Å². The number of sulfonamides is 1. The van der Waals surface area contributed by atoms with Crippen LogP contribution in [-0.2, 0) is 21.3 Å². The third kappa shape index (κ3) is 4.47. The molecule has 0 aliphatic carbocycles. The van der Waals surface area contributed by atoms with Gasteiger partial charge >= 0.3 is 0 Å². The fraction of sp³-hybridized carbons (Fsp3) is 0.571. The quantitative estimate of drug-likeness (QED) is 0.794. The Kier molecular flexibility index (Phi) is 5.69. The van der Waals surface area contributed by atoms with E-state index in [2.05, 4.69) is 10.0 Å². The first kappa shape index (κ1) is 16.4. The molecule has 21 heavy (non-hydrogen) atoms. The summed E-state index contributed by atoms with van der Waals surface area (Å²) in [5, 5.41) is 2.89. The smallest absolute Gasteiger partial charge is 0.243 e. The number of halogens is 1. The van der Waals surface area contributed by atoms with Crippen LogP contribution in [0.15, 0.2) is 23.1 Å². The molecule has 0 aromatic heterocycles. The van der Waals surface area contributed by atoms with E-state index in [0.29, 0.717) is 37.6 Å². The molecule has 1 unspecified atom stereocenters. The van der Waals surface area contributed by atoms with Gasteiger partial charge in [0.2, 0.25) is 10.0 Å². The highest BCUT2D eigenvalue weighted by molar-refractivity contribution is 7.89.